The second-order valence-electron chi connectivity index (χ2n) is 9.82. The maximum atomic E-state index is 12.9. The number of carbonyl (C=O) groups is 1. The minimum Gasteiger partial charge on any atom is -0.483 e. The van der Waals surface area contributed by atoms with Crippen molar-refractivity contribution in [3.05, 3.63) is 39.7 Å². The summed E-state index contributed by atoms with van der Waals surface area (Å²) in [4.78, 5) is 29.4. The molecule has 0 bridgehead atoms. The van der Waals surface area contributed by atoms with Gasteiger partial charge in [-0.1, -0.05) is 19.8 Å². The van der Waals surface area contributed by atoms with E-state index in [1.807, 2.05) is 31.0 Å². The first-order valence-corrected chi connectivity index (χ1v) is 12.6. The molecule has 0 N–H and O–H groups in total. The van der Waals surface area contributed by atoms with Crippen LogP contribution in [0.4, 0.5) is 0 Å². The number of likely N-dealkylation sites (N-methyl/N-ethyl adjacent to an activating group) is 1. The summed E-state index contributed by atoms with van der Waals surface area (Å²) in [7, 11) is 1.89. The number of amides is 1. The monoisotopic (exact) mass is 454 g/mol. The maximum Gasteiger partial charge on any atom is 0.336 e. The van der Waals surface area contributed by atoms with Crippen LogP contribution in [0.1, 0.15) is 63.0 Å². The summed E-state index contributed by atoms with van der Waals surface area (Å²) in [6.07, 6.45) is 9.22. The molecule has 2 fully saturated rings. The van der Waals surface area contributed by atoms with Gasteiger partial charge >= 0.3 is 5.63 Å². The predicted octanol–water partition coefficient (Wildman–Crippen LogP) is 4.55. The number of ether oxygens (including phenoxy) is 1. The van der Waals surface area contributed by atoms with E-state index < -0.39 is 0 Å². The first-order chi connectivity index (χ1) is 16.0. The fourth-order valence-corrected chi connectivity index (χ4v) is 5.63. The van der Waals surface area contributed by atoms with Crippen LogP contribution in [0.15, 0.2) is 27.4 Å². The lowest BCUT2D eigenvalue weighted by atomic mass is 9.83. The highest BCUT2D eigenvalue weighted by molar-refractivity contribution is 5.85. The van der Waals surface area contributed by atoms with E-state index in [-0.39, 0.29) is 18.1 Å². The molecule has 0 unspecified atom stereocenters. The molecule has 6 heteroatoms. The highest BCUT2D eigenvalue weighted by Crippen LogP contribution is 2.32. The van der Waals surface area contributed by atoms with Crippen LogP contribution >= 0.6 is 0 Å². The first kappa shape index (κ1) is 23.8. The number of carbonyl (C=O) groups excluding carboxylic acids is 1. The Bertz CT molecular complexity index is 1030. The minimum absolute atomic E-state index is 0.0102. The third kappa shape index (κ3) is 5.43. The molecule has 0 spiro atoms. The summed E-state index contributed by atoms with van der Waals surface area (Å²) in [5.74, 6) is 1.13. The number of unbranched alkanes of at least 4 members (excludes halogenated alkanes) is 1. The van der Waals surface area contributed by atoms with Gasteiger partial charge in [0.2, 0.25) is 0 Å². The fourth-order valence-electron chi connectivity index (χ4n) is 5.63. The number of rotatable bonds is 8. The molecule has 2 aliphatic heterocycles. The molecule has 0 aliphatic carbocycles. The van der Waals surface area contributed by atoms with Gasteiger partial charge in [0.15, 0.2) is 6.61 Å². The van der Waals surface area contributed by atoms with E-state index in [9.17, 15) is 9.59 Å². The lowest BCUT2D eigenvalue weighted by molar-refractivity contribution is -0.133. The van der Waals surface area contributed by atoms with Gasteiger partial charge in [-0.15, -0.1) is 0 Å². The van der Waals surface area contributed by atoms with Crippen molar-refractivity contribution in [3.63, 3.8) is 0 Å². The summed E-state index contributed by atoms with van der Waals surface area (Å²) in [5.41, 5.74) is 2.00. The second-order valence-corrected chi connectivity index (χ2v) is 9.82. The van der Waals surface area contributed by atoms with Gasteiger partial charge in [-0.2, -0.15) is 0 Å². The molecule has 180 valence electrons. The van der Waals surface area contributed by atoms with E-state index >= 15 is 0 Å². The number of hydrogen-bond acceptors (Lipinski definition) is 5. The summed E-state index contributed by atoms with van der Waals surface area (Å²) in [6.45, 7) is 7.22. The van der Waals surface area contributed by atoms with Crippen molar-refractivity contribution in [2.24, 2.45) is 5.92 Å². The summed E-state index contributed by atoms with van der Waals surface area (Å²) < 4.78 is 11.4. The van der Waals surface area contributed by atoms with Crippen molar-refractivity contribution in [2.75, 3.05) is 33.3 Å². The van der Waals surface area contributed by atoms with Crippen molar-refractivity contribution in [1.29, 1.82) is 0 Å². The highest BCUT2D eigenvalue weighted by atomic mass is 16.5. The van der Waals surface area contributed by atoms with Crippen LogP contribution in [0.3, 0.4) is 0 Å². The lowest BCUT2D eigenvalue weighted by Crippen LogP contribution is -2.51. The van der Waals surface area contributed by atoms with Crippen LogP contribution < -0.4 is 10.4 Å². The minimum atomic E-state index is -0.339. The SMILES string of the molecule is CCCCc1cc(=O)oc2c(C)c(OCC(=O)N(C)C[C@@H]3CCCN4CCCC[C@H]34)ccc12. The molecule has 4 rings (SSSR count). The van der Waals surface area contributed by atoms with Gasteiger partial charge in [-0.25, -0.2) is 4.79 Å². The number of fused-ring (bicyclic) bond motifs is 2. The van der Waals surface area contributed by atoms with Gasteiger partial charge in [-0.3, -0.25) is 4.79 Å². The van der Waals surface area contributed by atoms with Crippen molar-refractivity contribution in [2.45, 2.75) is 71.3 Å². The Morgan fingerprint density at radius 2 is 2.03 bits per heavy atom. The lowest BCUT2D eigenvalue weighted by Gasteiger charge is -2.45. The summed E-state index contributed by atoms with van der Waals surface area (Å²) in [6, 6.07) is 6.05. The molecular formula is C27H38N2O4. The molecule has 6 nitrogen and oxygen atoms in total. The Labute approximate surface area is 196 Å². The zero-order valence-corrected chi connectivity index (χ0v) is 20.4. The van der Waals surface area contributed by atoms with Gasteiger partial charge in [0.1, 0.15) is 11.3 Å². The zero-order valence-electron chi connectivity index (χ0n) is 20.4. The van der Waals surface area contributed by atoms with E-state index in [1.165, 1.54) is 45.2 Å². The Kier molecular flexibility index (Phi) is 7.74. The van der Waals surface area contributed by atoms with Crippen LogP contribution in [-0.4, -0.2) is 55.0 Å². The third-order valence-corrected chi connectivity index (χ3v) is 7.51. The van der Waals surface area contributed by atoms with Crippen LogP contribution in [-0.2, 0) is 11.2 Å². The first-order valence-electron chi connectivity index (χ1n) is 12.6. The molecule has 1 aromatic heterocycles. The highest BCUT2D eigenvalue weighted by Gasteiger charge is 2.34. The standard InChI is InChI=1S/C27H38N2O4/c1-4-5-9-20-16-26(31)33-27-19(2)24(13-12-22(20)27)32-18-25(30)28(3)17-21-10-8-15-29-14-7-6-11-23(21)29/h12-13,16,21,23H,4-11,14-15,17-18H2,1-3H3/t21-,23+/m0/s1. The summed E-state index contributed by atoms with van der Waals surface area (Å²) in [5, 5.41) is 0.950. The van der Waals surface area contributed by atoms with E-state index in [0.29, 0.717) is 23.3 Å². The summed E-state index contributed by atoms with van der Waals surface area (Å²) >= 11 is 0. The largest absolute Gasteiger partial charge is 0.483 e. The average Bonchev–Trinajstić information content (AvgIpc) is 2.82. The Morgan fingerprint density at radius 3 is 2.85 bits per heavy atom. The molecule has 3 heterocycles. The number of benzene rings is 1. The van der Waals surface area contributed by atoms with Crippen LogP contribution in [0, 0.1) is 12.8 Å². The smallest absolute Gasteiger partial charge is 0.336 e. The molecule has 1 amide bonds. The van der Waals surface area contributed by atoms with Crippen molar-refractivity contribution < 1.29 is 13.9 Å². The Balaban J connectivity index is 1.40. The topological polar surface area (TPSA) is 63.0 Å². The van der Waals surface area contributed by atoms with Gasteiger partial charge < -0.3 is 19.0 Å². The van der Waals surface area contributed by atoms with Crippen molar-refractivity contribution in [3.8, 4) is 5.75 Å². The molecule has 2 saturated heterocycles. The number of hydrogen-bond donors (Lipinski definition) is 0. The number of nitrogens with zero attached hydrogens (tertiary/aromatic N) is 2. The van der Waals surface area contributed by atoms with Gasteiger partial charge in [0.25, 0.3) is 5.91 Å². The van der Waals surface area contributed by atoms with Gasteiger partial charge in [-0.05, 0) is 82.2 Å². The van der Waals surface area contributed by atoms with E-state index in [0.717, 1.165) is 42.3 Å². The Hall–Kier alpha value is -2.34. The second kappa shape index (κ2) is 10.7. The van der Waals surface area contributed by atoms with Crippen LogP contribution in [0.2, 0.25) is 0 Å². The molecule has 2 aliphatic rings. The van der Waals surface area contributed by atoms with E-state index in [4.69, 9.17) is 9.15 Å². The molecule has 0 saturated carbocycles. The van der Waals surface area contributed by atoms with Crippen molar-refractivity contribution in [1.82, 2.24) is 9.80 Å². The molecule has 0 radical (unpaired) electrons. The van der Waals surface area contributed by atoms with Gasteiger partial charge in [0, 0.05) is 36.7 Å². The quantitative estimate of drug-likeness (QED) is 0.548. The van der Waals surface area contributed by atoms with Crippen LogP contribution in [0.25, 0.3) is 11.0 Å². The van der Waals surface area contributed by atoms with E-state index in [2.05, 4.69) is 11.8 Å². The normalized spacial score (nSPS) is 21.1. The average molecular weight is 455 g/mol. The van der Waals surface area contributed by atoms with Crippen LogP contribution in [0.5, 0.6) is 5.75 Å². The Morgan fingerprint density at radius 1 is 1.21 bits per heavy atom. The molecule has 1 aromatic carbocycles. The van der Waals surface area contributed by atoms with E-state index in [1.54, 1.807) is 6.07 Å². The van der Waals surface area contributed by atoms with Crippen molar-refractivity contribution >= 4 is 16.9 Å². The number of aryl methyl sites for hydroxylation is 2. The molecule has 2 atom stereocenters. The zero-order chi connectivity index (χ0) is 23.4. The molecular weight excluding hydrogens is 416 g/mol. The third-order valence-electron chi connectivity index (χ3n) is 7.51. The molecule has 2 aromatic rings. The number of piperidine rings is 2. The maximum absolute atomic E-state index is 12.9. The van der Waals surface area contributed by atoms with Gasteiger partial charge in [0.05, 0.1) is 0 Å². The predicted molar refractivity (Wildman–Crippen MR) is 131 cm³/mol. The fraction of sp³-hybridized carbons (Fsp3) is 0.630. The molecule has 33 heavy (non-hydrogen) atoms.